The van der Waals surface area contributed by atoms with Crippen LogP contribution < -0.4 is 14.9 Å². The van der Waals surface area contributed by atoms with E-state index >= 15 is 0 Å². The number of benzene rings is 2. The van der Waals surface area contributed by atoms with E-state index in [2.05, 4.69) is 25.7 Å². The molecule has 4 rings (SSSR count). The number of hydrogen-bond donors (Lipinski definition) is 1. The quantitative estimate of drug-likeness (QED) is 0.205. The van der Waals surface area contributed by atoms with E-state index in [0.717, 1.165) is 11.3 Å². The predicted molar refractivity (Wildman–Crippen MR) is 136 cm³/mol. The Morgan fingerprint density at radius 3 is 2.57 bits per heavy atom. The van der Waals surface area contributed by atoms with Crippen LogP contribution in [0.5, 0.6) is 11.5 Å². The van der Waals surface area contributed by atoms with Gasteiger partial charge in [-0.15, -0.1) is 10.2 Å². The lowest BCUT2D eigenvalue weighted by atomic mass is 10.2. The molecule has 2 aromatic carbocycles. The summed E-state index contributed by atoms with van der Waals surface area (Å²) in [4.78, 5) is 16.5. The smallest absolute Gasteiger partial charge is 0.250 e. The summed E-state index contributed by atoms with van der Waals surface area (Å²) in [5.41, 5.74) is 4.89. The molecule has 4 aromatic rings. The van der Waals surface area contributed by atoms with E-state index in [4.69, 9.17) is 21.1 Å². The minimum absolute atomic E-state index is 0.0825. The number of pyridine rings is 1. The summed E-state index contributed by atoms with van der Waals surface area (Å²) >= 11 is 7.31. The van der Waals surface area contributed by atoms with Crippen LogP contribution in [-0.4, -0.2) is 51.8 Å². The van der Waals surface area contributed by atoms with Gasteiger partial charge in [-0.3, -0.25) is 14.3 Å². The number of aromatic nitrogens is 4. The molecule has 2 aromatic heterocycles. The lowest BCUT2D eigenvalue weighted by molar-refractivity contribution is -0.118. The highest BCUT2D eigenvalue weighted by Crippen LogP contribution is 2.28. The topological polar surface area (TPSA) is 104 Å². The maximum atomic E-state index is 12.5. The first-order valence-corrected chi connectivity index (χ1v) is 11.7. The van der Waals surface area contributed by atoms with Crippen molar-refractivity contribution in [2.45, 2.75) is 5.16 Å². The summed E-state index contributed by atoms with van der Waals surface area (Å²) in [5, 5.41) is 13.9. The summed E-state index contributed by atoms with van der Waals surface area (Å²) in [7, 11) is 3.13. The Morgan fingerprint density at radius 1 is 1.09 bits per heavy atom. The van der Waals surface area contributed by atoms with Gasteiger partial charge in [0, 0.05) is 40.3 Å². The van der Waals surface area contributed by atoms with Gasteiger partial charge in [-0.2, -0.15) is 5.10 Å². The molecule has 9 nitrogen and oxygen atoms in total. The fraction of sp³-hybridized carbons (Fsp3) is 0.125. The van der Waals surface area contributed by atoms with Crippen LogP contribution in [0.4, 0.5) is 0 Å². The van der Waals surface area contributed by atoms with Gasteiger partial charge in [-0.1, -0.05) is 23.4 Å². The molecule has 0 bridgehead atoms. The Balaban J connectivity index is 1.48. The van der Waals surface area contributed by atoms with Crippen molar-refractivity contribution in [3.8, 4) is 28.6 Å². The maximum Gasteiger partial charge on any atom is 0.250 e. The first-order chi connectivity index (χ1) is 17.1. The molecule has 0 aliphatic rings. The molecule has 0 aliphatic carbocycles. The molecule has 0 spiro atoms. The number of methoxy groups -OCH3 is 2. The third kappa shape index (κ3) is 5.97. The summed E-state index contributed by atoms with van der Waals surface area (Å²) in [6.45, 7) is 0. The highest BCUT2D eigenvalue weighted by Gasteiger charge is 2.17. The Labute approximate surface area is 211 Å². The van der Waals surface area contributed by atoms with Crippen molar-refractivity contribution < 1.29 is 14.3 Å². The van der Waals surface area contributed by atoms with E-state index in [1.165, 1.54) is 18.0 Å². The number of nitrogens with one attached hydrogen (secondary N) is 1. The van der Waals surface area contributed by atoms with Crippen LogP contribution in [0.2, 0.25) is 5.02 Å². The second-order valence-corrected chi connectivity index (χ2v) is 8.42. The zero-order valence-electron chi connectivity index (χ0n) is 18.9. The number of nitrogens with zero attached hydrogens (tertiary/aromatic N) is 5. The molecular weight excluding hydrogens is 488 g/mol. The van der Waals surface area contributed by atoms with Crippen molar-refractivity contribution in [3.05, 3.63) is 77.6 Å². The molecule has 35 heavy (non-hydrogen) atoms. The fourth-order valence-corrected chi connectivity index (χ4v) is 4.01. The molecule has 2 heterocycles. The normalized spacial score (nSPS) is 10.9. The number of halogens is 1. The second kappa shape index (κ2) is 11.5. The standard InChI is InChI=1S/C24H21ClN6O3S/c1-33-20-8-3-17(21(13-20)34-2)14-27-28-22(32)15-35-24-30-29-23(16-9-11-26-12-10-16)31(24)19-6-4-18(25)5-7-19/h3-14H,15H2,1-2H3,(H,28,32)/b27-14-. The molecule has 1 N–H and O–H groups in total. The molecule has 0 saturated carbocycles. The Morgan fingerprint density at radius 2 is 1.86 bits per heavy atom. The Hall–Kier alpha value is -3.89. The molecule has 0 atom stereocenters. The van der Waals surface area contributed by atoms with Gasteiger partial charge in [-0.25, -0.2) is 5.43 Å². The molecule has 0 aliphatic heterocycles. The van der Waals surface area contributed by atoms with Gasteiger partial charge in [0.25, 0.3) is 5.91 Å². The van der Waals surface area contributed by atoms with Crippen LogP contribution in [0, 0.1) is 0 Å². The average molecular weight is 509 g/mol. The first-order valence-electron chi connectivity index (χ1n) is 10.4. The van der Waals surface area contributed by atoms with Gasteiger partial charge in [-0.05, 0) is 48.5 Å². The van der Waals surface area contributed by atoms with Crippen LogP contribution >= 0.6 is 23.4 Å². The minimum atomic E-state index is -0.296. The van der Waals surface area contributed by atoms with Crippen LogP contribution in [0.25, 0.3) is 17.1 Å². The predicted octanol–water partition coefficient (Wildman–Crippen LogP) is 4.24. The number of carbonyl (C=O) groups excluding carboxylic acids is 1. The molecule has 0 saturated heterocycles. The second-order valence-electron chi connectivity index (χ2n) is 7.04. The number of hydrazone groups is 1. The van der Waals surface area contributed by atoms with E-state index in [-0.39, 0.29) is 11.7 Å². The lowest BCUT2D eigenvalue weighted by Gasteiger charge is -2.10. The van der Waals surface area contributed by atoms with Crippen molar-refractivity contribution in [2.75, 3.05) is 20.0 Å². The zero-order valence-corrected chi connectivity index (χ0v) is 20.5. The van der Waals surface area contributed by atoms with Crippen LogP contribution in [0.1, 0.15) is 5.56 Å². The van der Waals surface area contributed by atoms with Gasteiger partial charge >= 0.3 is 0 Å². The van der Waals surface area contributed by atoms with E-state index in [1.54, 1.807) is 56.9 Å². The molecule has 0 fully saturated rings. The third-order valence-electron chi connectivity index (χ3n) is 4.82. The van der Waals surface area contributed by atoms with Crippen molar-refractivity contribution in [1.82, 2.24) is 25.2 Å². The van der Waals surface area contributed by atoms with Gasteiger partial charge in [0.15, 0.2) is 11.0 Å². The molecule has 11 heteroatoms. The number of rotatable bonds is 9. The molecule has 0 radical (unpaired) electrons. The van der Waals surface area contributed by atoms with E-state index in [9.17, 15) is 4.79 Å². The van der Waals surface area contributed by atoms with Crippen LogP contribution in [0.15, 0.2) is 77.2 Å². The minimum Gasteiger partial charge on any atom is -0.497 e. The van der Waals surface area contributed by atoms with Crippen molar-refractivity contribution in [3.63, 3.8) is 0 Å². The average Bonchev–Trinajstić information content (AvgIpc) is 3.32. The monoisotopic (exact) mass is 508 g/mol. The summed E-state index contributed by atoms with van der Waals surface area (Å²) in [5.74, 6) is 1.66. The Bertz CT molecular complexity index is 1330. The van der Waals surface area contributed by atoms with Crippen molar-refractivity contribution >= 4 is 35.5 Å². The molecular formula is C24H21ClN6O3S. The number of amides is 1. The number of thioether (sulfide) groups is 1. The molecule has 178 valence electrons. The van der Waals surface area contributed by atoms with Crippen molar-refractivity contribution in [1.29, 1.82) is 0 Å². The fourth-order valence-electron chi connectivity index (χ4n) is 3.14. The largest absolute Gasteiger partial charge is 0.497 e. The number of hydrogen-bond acceptors (Lipinski definition) is 8. The van der Waals surface area contributed by atoms with Crippen LogP contribution in [-0.2, 0) is 4.79 Å². The third-order valence-corrected chi connectivity index (χ3v) is 6.00. The molecule has 1 amide bonds. The number of carbonyl (C=O) groups is 1. The SMILES string of the molecule is COc1ccc(/C=N\NC(=O)CSc2nnc(-c3ccncc3)n2-c2ccc(Cl)cc2)c(OC)c1. The summed E-state index contributed by atoms with van der Waals surface area (Å²) < 4.78 is 12.4. The summed E-state index contributed by atoms with van der Waals surface area (Å²) in [6.07, 6.45) is 4.89. The van der Waals surface area contributed by atoms with Gasteiger partial charge in [0.2, 0.25) is 0 Å². The number of ether oxygens (including phenoxy) is 2. The van der Waals surface area contributed by atoms with E-state index < -0.39 is 0 Å². The Kier molecular flexibility index (Phi) is 7.96. The van der Waals surface area contributed by atoms with Crippen molar-refractivity contribution in [2.24, 2.45) is 5.10 Å². The van der Waals surface area contributed by atoms with E-state index in [0.29, 0.717) is 33.1 Å². The lowest BCUT2D eigenvalue weighted by Crippen LogP contribution is -2.20. The van der Waals surface area contributed by atoms with E-state index in [1.807, 2.05) is 28.8 Å². The molecule has 0 unspecified atom stereocenters. The highest BCUT2D eigenvalue weighted by molar-refractivity contribution is 7.99. The highest BCUT2D eigenvalue weighted by atomic mass is 35.5. The zero-order chi connectivity index (χ0) is 24.6. The summed E-state index contributed by atoms with van der Waals surface area (Å²) in [6, 6.07) is 16.3. The van der Waals surface area contributed by atoms with Gasteiger partial charge in [0.05, 0.1) is 26.2 Å². The van der Waals surface area contributed by atoms with Crippen LogP contribution in [0.3, 0.4) is 0 Å². The van der Waals surface area contributed by atoms with Gasteiger partial charge in [0.1, 0.15) is 11.5 Å². The maximum absolute atomic E-state index is 12.5. The van der Waals surface area contributed by atoms with Gasteiger partial charge < -0.3 is 9.47 Å². The first kappa shape index (κ1) is 24.2.